The highest BCUT2D eigenvalue weighted by Crippen LogP contribution is 2.32. The Kier molecular flexibility index (Phi) is 6.34. The minimum Gasteiger partial charge on any atom is -0.351 e. The van der Waals surface area contributed by atoms with E-state index in [1.165, 1.54) is 0 Å². The van der Waals surface area contributed by atoms with Crippen LogP contribution >= 0.6 is 0 Å². The highest BCUT2D eigenvalue weighted by molar-refractivity contribution is 7.88. The molecule has 2 aromatic rings. The molecule has 3 N–H and O–H groups in total. The second-order valence-electron chi connectivity index (χ2n) is 7.46. The summed E-state index contributed by atoms with van der Waals surface area (Å²) >= 11 is 0. The molecule has 0 bridgehead atoms. The highest BCUT2D eigenvalue weighted by atomic mass is 32.2. The predicted octanol–water partition coefficient (Wildman–Crippen LogP) is 2.26. The van der Waals surface area contributed by atoms with E-state index < -0.39 is 15.9 Å². The van der Waals surface area contributed by atoms with Gasteiger partial charge >= 0.3 is 0 Å². The number of carbonyl (C=O) groups excluding carboxylic acids is 2. The standard InChI is InChI=1S/C21H25N3O4S/c1-14(2)24-29(27,28)13-16-9-7-15(8-10-16)12-22-21(26)18-11-20(25)23-19-6-4-3-5-17(18)19/h3-10,14,18,24H,11-13H2,1-2H3,(H,22,26)(H,23,25). The molecule has 0 saturated carbocycles. The molecule has 1 atom stereocenters. The maximum atomic E-state index is 12.7. The Morgan fingerprint density at radius 1 is 1.10 bits per heavy atom. The zero-order chi connectivity index (χ0) is 21.0. The summed E-state index contributed by atoms with van der Waals surface area (Å²) in [6.45, 7) is 3.85. The fraction of sp³-hybridized carbons (Fsp3) is 0.333. The third kappa shape index (κ3) is 5.65. The van der Waals surface area contributed by atoms with E-state index in [4.69, 9.17) is 0 Å². The topological polar surface area (TPSA) is 104 Å². The first kappa shape index (κ1) is 21.0. The Morgan fingerprint density at radius 2 is 1.76 bits per heavy atom. The zero-order valence-corrected chi connectivity index (χ0v) is 17.3. The van der Waals surface area contributed by atoms with Crippen molar-refractivity contribution in [2.75, 3.05) is 5.32 Å². The summed E-state index contributed by atoms with van der Waals surface area (Å²) in [4.78, 5) is 24.5. The molecule has 2 amide bonds. The molecular weight excluding hydrogens is 390 g/mol. The number of fused-ring (bicyclic) bond motifs is 1. The van der Waals surface area contributed by atoms with Crippen LogP contribution in [-0.4, -0.2) is 26.3 Å². The van der Waals surface area contributed by atoms with E-state index >= 15 is 0 Å². The Bertz CT molecular complexity index is 1000. The van der Waals surface area contributed by atoms with Gasteiger partial charge in [0.25, 0.3) is 0 Å². The lowest BCUT2D eigenvalue weighted by Gasteiger charge is -2.24. The molecule has 0 spiro atoms. The predicted molar refractivity (Wildman–Crippen MR) is 112 cm³/mol. The summed E-state index contributed by atoms with van der Waals surface area (Å²) < 4.78 is 26.6. The molecule has 154 valence electrons. The van der Waals surface area contributed by atoms with Crippen LogP contribution in [0.3, 0.4) is 0 Å². The van der Waals surface area contributed by atoms with Crippen LogP contribution < -0.4 is 15.4 Å². The summed E-state index contributed by atoms with van der Waals surface area (Å²) in [5.74, 6) is -0.998. The lowest BCUT2D eigenvalue weighted by molar-refractivity contribution is -0.126. The van der Waals surface area contributed by atoms with Crippen molar-refractivity contribution >= 4 is 27.5 Å². The van der Waals surface area contributed by atoms with Crippen LogP contribution in [0.4, 0.5) is 5.69 Å². The van der Waals surface area contributed by atoms with Gasteiger partial charge in [-0.2, -0.15) is 0 Å². The van der Waals surface area contributed by atoms with E-state index in [0.29, 0.717) is 17.8 Å². The minimum atomic E-state index is -3.38. The van der Waals surface area contributed by atoms with Crippen LogP contribution in [0.5, 0.6) is 0 Å². The molecule has 29 heavy (non-hydrogen) atoms. The van der Waals surface area contributed by atoms with Crippen molar-refractivity contribution in [1.29, 1.82) is 0 Å². The van der Waals surface area contributed by atoms with Crippen molar-refractivity contribution in [3.05, 3.63) is 65.2 Å². The molecule has 3 rings (SSSR count). The van der Waals surface area contributed by atoms with Gasteiger partial charge in [-0.3, -0.25) is 9.59 Å². The average Bonchev–Trinajstić information content (AvgIpc) is 2.65. The summed E-state index contributed by atoms with van der Waals surface area (Å²) in [6.07, 6.45) is 0.114. The van der Waals surface area contributed by atoms with Gasteiger partial charge in [-0.1, -0.05) is 42.5 Å². The number of para-hydroxylation sites is 1. The Hall–Kier alpha value is -2.71. The molecule has 1 heterocycles. The lowest BCUT2D eigenvalue weighted by Crippen LogP contribution is -2.34. The van der Waals surface area contributed by atoms with Gasteiger partial charge in [0, 0.05) is 24.7 Å². The van der Waals surface area contributed by atoms with Crippen molar-refractivity contribution in [3.63, 3.8) is 0 Å². The second-order valence-corrected chi connectivity index (χ2v) is 9.21. The van der Waals surface area contributed by atoms with Crippen LogP contribution in [0.25, 0.3) is 0 Å². The Balaban J connectivity index is 1.61. The van der Waals surface area contributed by atoms with E-state index in [0.717, 1.165) is 11.1 Å². The third-order valence-electron chi connectivity index (χ3n) is 4.58. The number of hydrogen-bond acceptors (Lipinski definition) is 4. The Morgan fingerprint density at radius 3 is 2.45 bits per heavy atom. The third-order valence-corrected chi connectivity index (χ3v) is 6.12. The van der Waals surface area contributed by atoms with Gasteiger partial charge in [-0.25, -0.2) is 13.1 Å². The van der Waals surface area contributed by atoms with Gasteiger partial charge in [0.1, 0.15) is 0 Å². The number of sulfonamides is 1. The SMILES string of the molecule is CC(C)NS(=O)(=O)Cc1ccc(CNC(=O)C2CC(=O)Nc3ccccc32)cc1. The highest BCUT2D eigenvalue weighted by Gasteiger charge is 2.30. The van der Waals surface area contributed by atoms with Crippen molar-refractivity contribution in [1.82, 2.24) is 10.0 Å². The van der Waals surface area contributed by atoms with E-state index in [-0.39, 0.29) is 30.0 Å². The van der Waals surface area contributed by atoms with Gasteiger partial charge in [0.05, 0.1) is 11.7 Å². The molecule has 1 aliphatic rings. The van der Waals surface area contributed by atoms with Gasteiger partial charge in [-0.15, -0.1) is 0 Å². The minimum absolute atomic E-state index is 0.0915. The van der Waals surface area contributed by atoms with Gasteiger partial charge in [0.15, 0.2) is 0 Å². The molecule has 0 fully saturated rings. The Labute approximate surface area is 171 Å². The number of benzene rings is 2. The molecule has 0 aromatic heterocycles. The maximum absolute atomic E-state index is 12.7. The molecule has 1 unspecified atom stereocenters. The summed E-state index contributed by atoms with van der Waals surface area (Å²) in [5, 5.41) is 5.66. The first-order chi connectivity index (χ1) is 13.7. The molecule has 8 heteroatoms. The smallest absolute Gasteiger partial charge is 0.228 e. The van der Waals surface area contributed by atoms with Crippen LogP contribution in [-0.2, 0) is 31.9 Å². The first-order valence-electron chi connectivity index (χ1n) is 9.48. The van der Waals surface area contributed by atoms with Crippen molar-refractivity contribution < 1.29 is 18.0 Å². The van der Waals surface area contributed by atoms with E-state index in [9.17, 15) is 18.0 Å². The van der Waals surface area contributed by atoms with Gasteiger partial charge < -0.3 is 10.6 Å². The van der Waals surface area contributed by atoms with E-state index in [2.05, 4.69) is 15.4 Å². The van der Waals surface area contributed by atoms with Crippen LogP contribution in [0.2, 0.25) is 0 Å². The van der Waals surface area contributed by atoms with Crippen molar-refractivity contribution in [2.24, 2.45) is 0 Å². The fourth-order valence-corrected chi connectivity index (χ4v) is 4.76. The van der Waals surface area contributed by atoms with Crippen LogP contribution in [0, 0.1) is 0 Å². The first-order valence-corrected chi connectivity index (χ1v) is 11.1. The summed E-state index contributed by atoms with van der Waals surface area (Å²) in [7, 11) is -3.38. The molecule has 1 aliphatic heterocycles. The van der Waals surface area contributed by atoms with Gasteiger partial charge in [0.2, 0.25) is 21.8 Å². The number of hydrogen-bond donors (Lipinski definition) is 3. The van der Waals surface area contributed by atoms with Crippen LogP contribution in [0.15, 0.2) is 48.5 Å². The quantitative estimate of drug-likeness (QED) is 0.645. The molecular formula is C21H25N3O4S. The van der Waals surface area contributed by atoms with Gasteiger partial charge in [-0.05, 0) is 36.6 Å². The average molecular weight is 416 g/mol. The van der Waals surface area contributed by atoms with E-state index in [1.807, 2.05) is 18.2 Å². The monoisotopic (exact) mass is 415 g/mol. The molecule has 7 nitrogen and oxygen atoms in total. The maximum Gasteiger partial charge on any atom is 0.228 e. The van der Waals surface area contributed by atoms with Crippen molar-refractivity contribution in [3.8, 4) is 0 Å². The summed E-state index contributed by atoms with van der Waals surface area (Å²) in [6, 6.07) is 14.2. The van der Waals surface area contributed by atoms with Crippen LogP contribution in [0.1, 0.15) is 42.9 Å². The van der Waals surface area contributed by atoms with E-state index in [1.54, 1.807) is 44.2 Å². The summed E-state index contributed by atoms with van der Waals surface area (Å²) in [5.41, 5.74) is 3.00. The number of rotatable bonds is 7. The molecule has 2 aromatic carbocycles. The van der Waals surface area contributed by atoms with Crippen molar-refractivity contribution in [2.45, 2.75) is 44.5 Å². The zero-order valence-electron chi connectivity index (χ0n) is 16.4. The number of amides is 2. The number of carbonyl (C=O) groups is 2. The largest absolute Gasteiger partial charge is 0.351 e. The molecule has 0 radical (unpaired) electrons. The fourth-order valence-electron chi connectivity index (χ4n) is 3.33. The lowest BCUT2D eigenvalue weighted by atomic mass is 9.90. The number of nitrogens with one attached hydrogen (secondary N) is 3. The molecule has 0 saturated heterocycles. The number of anilines is 1. The second kappa shape index (κ2) is 8.75. The normalized spacial score (nSPS) is 16.2. The molecule has 0 aliphatic carbocycles.